The van der Waals surface area contributed by atoms with Crippen molar-refractivity contribution >= 4 is 21.6 Å². The summed E-state index contributed by atoms with van der Waals surface area (Å²) in [6.45, 7) is 2.38. The molecule has 142 valence electrons. The van der Waals surface area contributed by atoms with Crippen LogP contribution in [-0.4, -0.2) is 38.0 Å². The summed E-state index contributed by atoms with van der Waals surface area (Å²) in [5.41, 5.74) is 1.52. The number of nitrogens with one attached hydrogen (secondary N) is 1. The van der Waals surface area contributed by atoms with Crippen molar-refractivity contribution in [3.05, 3.63) is 48.0 Å². The number of rotatable bonds is 4. The van der Waals surface area contributed by atoms with Crippen molar-refractivity contribution < 1.29 is 22.7 Å². The van der Waals surface area contributed by atoms with E-state index in [9.17, 15) is 13.2 Å². The average molecular weight is 388 g/mol. The molecule has 7 nitrogen and oxygen atoms in total. The molecule has 0 aromatic heterocycles. The Hall–Kier alpha value is -2.58. The van der Waals surface area contributed by atoms with Gasteiger partial charge in [-0.15, -0.1) is 0 Å². The summed E-state index contributed by atoms with van der Waals surface area (Å²) in [6, 6.07) is 11.0. The highest BCUT2D eigenvalue weighted by Gasteiger charge is 2.39. The lowest BCUT2D eigenvalue weighted by Crippen LogP contribution is -2.43. The van der Waals surface area contributed by atoms with Crippen LogP contribution in [0.3, 0.4) is 0 Å². The Kier molecular flexibility index (Phi) is 4.53. The average Bonchev–Trinajstić information content (AvgIpc) is 3.31. The number of amides is 1. The molecule has 0 bridgehead atoms. The highest BCUT2D eigenvalue weighted by atomic mass is 32.2. The van der Waals surface area contributed by atoms with Crippen LogP contribution in [0.5, 0.6) is 11.5 Å². The van der Waals surface area contributed by atoms with Gasteiger partial charge in [-0.2, -0.15) is 4.31 Å². The van der Waals surface area contributed by atoms with E-state index in [1.165, 1.54) is 4.31 Å². The van der Waals surface area contributed by atoms with E-state index in [2.05, 4.69) is 5.32 Å². The van der Waals surface area contributed by atoms with E-state index in [-0.39, 0.29) is 17.6 Å². The molecule has 1 N–H and O–H groups in total. The molecule has 0 saturated carbocycles. The second-order valence-electron chi connectivity index (χ2n) is 6.64. The maximum atomic E-state index is 13.0. The molecule has 2 heterocycles. The Bertz CT molecular complexity index is 972. The van der Waals surface area contributed by atoms with Gasteiger partial charge in [0.1, 0.15) is 6.04 Å². The van der Waals surface area contributed by atoms with Crippen LogP contribution in [0.1, 0.15) is 18.4 Å². The quantitative estimate of drug-likeness (QED) is 0.870. The minimum atomic E-state index is -3.72. The molecule has 4 rings (SSSR count). The fraction of sp³-hybridized carbons (Fsp3) is 0.316. The minimum Gasteiger partial charge on any atom is -0.454 e. The number of ether oxygens (including phenoxy) is 2. The number of carbonyl (C=O) groups is 1. The summed E-state index contributed by atoms with van der Waals surface area (Å²) in [4.78, 5) is 13.0. The fourth-order valence-corrected chi connectivity index (χ4v) is 4.99. The Balaban J connectivity index is 1.54. The van der Waals surface area contributed by atoms with Crippen molar-refractivity contribution in [1.82, 2.24) is 4.31 Å². The first kappa shape index (κ1) is 17.8. The van der Waals surface area contributed by atoms with Crippen LogP contribution < -0.4 is 14.8 Å². The molecule has 1 saturated heterocycles. The second kappa shape index (κ2) is 6.86. The number of carbonyl (C=O) groups excluding carboxylic acids is 1. The number of sulfonamides is 1. The van der Waals surface area contributed by atoms with Gasteiger partial charge in [0.2, 0.25) is 22.7 Å². The molecule has 2 aromatic rings. The SMILES string of the molecule is Cc1ccc(S(=O)(=O)N2CCC[C@H]2C(=O)Nc2ccc3c(c2)OCO3)cc1. The molecule has 27 heavy (non-hydrogen) atoms. The van der Waals surface area contributed by atoms with E-state index < -0.39 is 16.1 Å². The molecule has 8 heteroatoms. The summed E-state index contributed by atoms with van der Waals surface area (Å²) < 4.78 is 37.8. The van der Waals surface area contributed by atoms with Gasteiger partial charge in [0.05, 0.1) is 4.90 Å². The Labute approximate surface area is 157 Å². The molecule has 1 amide bonds. The third-order valence-corrected chi connectivity index (χ3v) is 6.70. The number of nitrogens with zero attached hydrogens (tertiary/aromatic N) is 1. The number of fused-ring (bicyclic) bond motifs is 1. The van der Waals surface area contributed by atoms with Gasteiger partial charge < -0.3 is 14.8 Å². The predicted molar refractivity (Wildman–Crippen MR) is 99.3 cm³/mol. The van der Waals surface area contributed by atoms with Crippen LogP contribution in [0.25, 0.3) is 0 Å². The predicted octanol–water partition coefficient (Wildman–Crippen LogP) is 2.52. The fourth-order valence-electron chi connectivity index (χ4n) is 3.34. The molecule has 0 unspecified atom stereocenters. The third kappa shape index (κ3) is 3.38. The zero-order valence-electron chi connectivity index (χ0n) is 14.8. The van der Waals surface area contributed by atoms with E-state index >= 15 is 0 Å². The Morgan fingerprint density at radius 2 is 1.85 bits per heavy atom. The van der Waals surface area contributed by atoms with Gasteiger partial charge in [-0.3, -0.25) is 4.79 Å². The van der Waals surface area contributed by atoms with Gasteiger partial charge in [-0.25, -0.2) is 8.42 Å². The first-order valence-corrected chi connectivity index (χ1v) is 10.2. The molecular weight excluding hydrogens is 368 g/mol. The summed E-state index contributed by atoms with van der Waals surface area (Å²) in [6.07, 6.45) is 1.13. The number of hydrogen-bond acceptors (Lipinski definition) is 5. The van der Waals surface area contributed by atoms with Crippen molar-refractivity contribution in [3.8, 4) is 11.5 Å². The number of anilines is 1. The zero-order chi connectivity index (χ0) is 19.0. The molecule has 2 aromatic carbocycles. The van der Waals surface area contributed by atoms with E-state index in [4.69, 9.17) is 9.47 Å². The van der Waals surface area contributed by atoms with Crippen molar-refractivity contribution in [3.63, 3.8) is 0 Å². The highest BCUT2D eigenvalue weighted by Crippen LogP contribution is 2.34. The summed E-state index contributed by atoms with van der Waals surface area (Å²) >= 11 is 0. The van der Waals surface area contributed by atoms with Crippen LogP contribution in [0.2, 0.25) is 0 Å². The summed E-state index contributed by atoms with van der Waals surface area (Å²) in [5, 5.41) is 2.80. The maximum Gasteiger partial charge on any atom is 0.243 e. The Morgan fingerprint density at radius 1 is 1.11 bits per heavy atom. The number of aryl methyl sites for hydroxylation is 1. The molecule has 2 aliphatic heterocycles. The lowest BCUT2D eigenvalue weighted by atomic mass is 10.2. The van der Waals surface area contributed by atoms with Crippen LogP contribution in [-0.2, 0) is 14.8 Å². The van der Waals surface area contributed by atoms with Gasteiger partial charge in [-0.1, -0.05) is 17.7 Å². The number of hydrogen-bond donors (Lipinski definition) is 1. The molecule has 1 atom stereocenters. The molecular formula is C19H20N2O5S. The molecule has 0 aliphatic carbocycles. The van der Waals surface area contributed by atoms with E-state index in [0.717, 1.165) is 5.56 Å². The molecule has 2 aliphatic rings. The van der Waals surface area contributed by atoms with Gasteiger partial charge in [0, 0.05) is 18.3 Å². The monoisotopic (exact) mass is 388 g/mol. The van der Waals surface area contributed by atoms with Crippen LogP contribution in [0.4, 0.5) is 5.69 Å². The molecule has 1 fully saturated rings. The van der Waals surface area contributed by atoms with Gasteiger partial charge in [0.15, 0.2) is 11.5 Å². The minimum absolute atomic E-state index is 0.151. The number of benzene rings is 2. The topological polar surface area (TPSA) is 84.9 Å². The Morgan fingerprint density at radius 3 is 2.63 bits per heavy atom. The second-order valence-corrected chi connectivity index (χ2v) is 8.53. The van der Waals surface area contributed by atoms with Gasteiger partial charge in [0.25, 0.3) is 0 Å². The van der Waals surface area contributed by atoms with E-state index in [0.29, 0.717) is 36.6 Å². The third-order valence-electron chi connectivity index (χ3n) is 4.77. The van der Waals surface area contributed by atoms with Crippen molar-refractivity contribution in [2.24, 2.45) is 0 Å². The van der Waals surface area contributed by atoms with Crippen LogP contribution in [0.15, 0.2) is 47.4 Å². The first-order chi connectivity index (χ1) is 12.9. The van der Waals surface area contributed by atoms with Crippen LogP contribution in [0, 0.1) is 6.92 Å². The van der Waals surface area contributed by atoms with Crippen molar-refractivity contribution in [1.29, 1.82) is 0 Å². The lowest BCUT2D eigenvalue weighted by molar-refractivity contribution is -0.119. The van der Waals surface area contributed by atoms with Crippen molar-refractivity contribution in [2.45, 2.75) is 30.7 Å². The zero-order valence-corrected chi connectivity index (χ0v) is 15.7. The normalized spacial score (nSPS) is 19.2. The maximum absolute atomic E-state index is 13.0. The lowest BCUT2D eigenvalue weighted by Gasteiger charge is -2.23. The summed E-state index contributed by atoms with van der Waals surface area (Å²) in [7, 11) is -3.72. The van der Waals surface area contributed by atoms with Gasteiger partial charge >= 0.3 is 0 Å². The van der Waals surface area contributed by atoms with E-state index in [1.54, 1.807) is 42.5 Å². The molecule has 0 radical (unpaired) electrons. The van der Waals surface area contributed by atoms with Gasteiger partial charge in [-0.05, 0) is 44.0 Å². The first-order valence-electron chi connectivity index (χ1n) is 8.74. The standard InChI is InChI=1S/C19H20N2O5S/c1-13-4-7-15(8-5-13)27(23,24)21-10-2-3-16(21)19(22)20-14-6-9-17-18(11-14)26-12-25-17/h4-9,11,16H,2-3,10,12H2,1H3,(H,20,22)/t16-/m0/s1. The van der Waals surface area contributed by atoms with Crippen molar-refractivity contribution in [2.75, 3.05) is 18.7 Å². The van der Waals surface area contributed by atoms with E-state index in [1.807, 2.05) is 6.92 Å². The van der Waals surface area contributed by atoms with Crippen LogP contribution >= 0.6 is 0 Å². The highest BCUT2D eigenvalue weighted by molar-refractivity contribution is 7.89. The smallest absolute Gasteiger partial charge is 0.243 e. The molecule has 0 spiro atoms. The largest absolute Gasteiger partial charge is 0.454 e. The summed E-state index contributed by atoms with van der Waals surface area (Å²) in [5.74, 6) is 0.836.